The van der Waals surface area contributed by atoms with Crippen LogP contribution >= 0.6 is 23.2 Å². The number of ether oxygens (including phenoxy) is 1. The van der Waals surface area contributed by atoms with Crippen LogP contribution in [0.4, 0.5) is 0 Å². The molecule has 0 spiro atoms. The Bertz CT molecular complexity index is 1140. The summed E-state index contributed by atoms with van der Waals surface area (Å²) < 4.78 is 5.31. The van der Waals surface area contributed by atoms with Gasteiger partial charge in [0.2, 0.25) is 0 Å². The van der Waals surface area contributed by atoms with Gasteiger partial charge in [-0.15, -0.1) is 0 Å². The van der Waals surface area contributed by atoms with E-state index in [4.69, 9.17) is 27.9 Å². The van der Waals surface area contributed by atoms with Gasteiger partial charge in [0.1, 0.15) is 0 Å². The van der Waals surface area contributed by atoms with E-state index in [1.165, 1.54) is 7.11 Å². The van der Waals surface area contributed by atoms with Crippen molar-refractivity contribution in [1.29, 1.82) is 0 Å². The largest absolute Gasteiger partial charge is 0.478 e. The molecule has 1 aliphatic heterocycles. The molecule has 0 bridgehead atoms. The predicted molar refractivity (Wildman–Crippen MR) is 137 cm³/mol. The molecule has 1 aliphatic rings. The molecule has 0 fully saturated rings. The SMILES string of the molecule is COCCC1(c2cccc(Cl)c2Cl)C(C(=O)O)=C(C)N(CCCc2ccccc2)C(C)=C1C(=O)O. The van der Waals surface area contributed by atoms with Gasteiger partial charge in [0.05, 0.1) is 26.6 Å². The summed E-state index contributed by atoms with van der Waals surface area (Å²) in [4.78, 5) is 27.4. The van der Waals surface area contributed by atoms with Gasteiger partial charge in [-0.3, -0.25) is 0 Å². The molecule has 186 valence electrons. The van der Waals surface area contributed by atoms with Crippen LogP contribution in [0.3, 0.4) is 0 Å². The number of hydrogen-bond acceptors (Lipinski definition) is 4. The highest BCUT2D eigenvalue weighted by Crippen LogP contribution is 2.52. The second-order valence-corrected chi connectivity index (χ2v) is 9.31. The minimum absolute atomic E-state index is 0.0403. The summed E-state index contributed by atoms with van der Waals surface area (Å²) in [6.07, 6.45) is 1.55. The number of aryl methyl sites for hydroxylation is 1. The number of hydrogen-bond donors (Lipinski definition) is 2. The van der Waals surface area contributed by atoms with Crippen LogP contribution in [-0.4, -0.2) is 47.3 Å². The molecule has 0 radical (unpaired) electrons. The van der Waals surface area contributed by atoms with E-state index < -0.39 is 17.4 Å². The third-order valence-corrected chi connectivity index (χ3v) is 7.42. The zero-order valence-corrected chi connectivity index (χ0v) is 21.5. The van der Waals surface area contributed by atoms with Gasteiger partial charge >= 0.3 is 11.9 Å². The maximum absolute atomic E-state index is 12.8. The highest BCUT2D eigenvalue weighted by atomic mass is 35.5. The summed E-state index contributed by atoms with van der Waals surface area (Å²) in [5.74, 6) is -2.43. The molecule has 1 heterocycles. The fourth-order valence-corrected chi connectivity index (χ4v) is 5.56. The highest BCUT2D eigenvalue weighted by molar-refractivity contribution is 6.42. The number of rotatable bonds is 10. The normalized spacial score (nSPS) is 15.5. The van der Waals surface area contributed by atoms with E-state index >= 15 is 0 Å². The van der Waals surface area contributed by atoms with Gasteiger partial charge < -0.3 is 19.8 Å². The van der Waals surface area contributed by atoms with Crippen molar-refractivity contribution in [3.8, 4) is 0 Å². The van der Waals surface area contributed by atoms with Gasteiger partial charge in [0.25, 0.3) is 0 Å². The monoisotopic (exact) mass is 517 g/mol. The van der Waals surface area contributed by atoms with Crippen LogP contribution < -0.4 is 0 Å². The van der Waals surface area contributed by atoms with Crippen LogP contribution in [0, 0.1) is 0 Å². The molecule has 8 heteroatoms. The van der Waals surface area contributed by atoms with Crippen molar-refractivity contribution in [3.05, 3.63) is 92.2 Å². The number of carboxylic acids is 2. The van der Waals surface area contributed by atoms with Crippen molar-refractivity contribution >= 4 is 35.1 Å². The van der Waals surface area contributed by atoms with Crippen LogP contribution in [0.1, 0.15) is 37.8 Å². The van der Waals surface area contributed by atoms with E-state index in [-0.39, 0.29) is 34.2 Å². The lowest BCUT2D eigenvalue weighted by molar-refractivity contribution is -0.134. The number of carbonyl (C=O) groups is 2. The second kappa shape index (κ2) is 11.3. The number of carboxylic acid groups (broad SMARTS) is 2. The van der Waals surface area contributed by atoms with Crippen LogP contribution in [0.5, 0.6) is 0 Å². The molecular weight excluding hydrogens is 489 g/mol. The van der Waals surface area contributed by atoms with Gasteiger partial charge in [-0.25, -0.2) is 9.59 Å². The maximum atomic E-state index is 12.8. The lowest BCUT2D eigenvalue weighted by atomic mass is 9.63. The molecule has 6 nitrogen and oxygen atoms in total. The average molecular weight is 518 g/mol. The highest BCUT2D eigenvalue weighted by Gasteiger charge is 2.52. The van der Waals surface area contributed by atoms with E-state index in [0.29, 0.717) is 29.9 Å². The number of methoxy groups -OCH3 is 1. The first kappa shape index (κ1) is 26.8. The Hall–Kier alpha value is -2.80. The summed E-state index contributed by atoms with van der Waals surface area (Å²) in [5.41, 5.74) is 0.800. The van der Waals surface area contributed by atoms with Gasteiger partial charge in [0, 0.05) is 31.7 Å². The third-order valence-electron chi connectivity index (χ3n) is 6.60. The van der Waals surface area contributed by atoms with Gasteiger partial charge in [-0.2, -0.15) is 0 Å². The first-order valence-electron chi connectivity index (χ1n) is 11.3. The van der Waals surface area contributed by atoms with Crippen LogP contribution in [0.15, 0.2) is 71.1 Å². The second-order valence-electron chi connectivity index (χ2n) is 8.52. The number of nitrogens with zero attached hydrogens (tertiary/aromatic N) is 1. The average Bonchev–Trinajstić information content (AvgIpc) is 2.81. The van der Waals surface area contributed by atoms with Crippen molar-refractivity contribution in [3.63, 3.8) is 0 Å². The topological polar surface area (TPSA) is 87.1 Å². The molecule has 2 aromatic carbocycles. The molecule has 0 aliphatic carbocycles. The third kappa shape index (κ3) is 5.10. The Morgan fingerprint density at radius 1 is 0.943 bits per heavy atom. The van der Waals surface area contributed by atoms with Crippen LogP contribution in [0.25, 0.3) is 0 Å². The summed E-state index contributed by atoms with van der Waals surface area (Å²) in [5, 5.41) is 21.3. The smallest absolute Gasteiger partial charge is 0.334 e. The summed E-state index contributed by atoms with van der Waals surface area (Å²) in [6, 6.07) is 14.8. The molecule has 0 atom stereocenters. The summed E-state index contributed by atoms with van der Waals surface area (Å²) in [6.45, 7) is 4.01. The number of aliphatic carboxylic acids is 2. The van der Waals surface area contributed by atoms with E-state index in [1.807, 2.05) is 30.3 Å². The Kier molecular flexibility index (Phi) is 8.65. The summed E-state index contributed by atoms with van der Waals surface area (Å²) in [7, 11) is 1.49. The molecule has 2 aromatic rings. The quantitative estimate of drug-likeness (QED) is 0.405. The first-order chi connectivity index (χ1) is 16.7. The zero-order valence-electron chi connectivity index (χ0n) is 20.0. The fourth-order valence-electron chi connectivity index (χ4n) is 5.10. The molecule has 0 aromatic heterocycles. The Balaban J connectivity index is 2.21. The van der Waals surface area contributed by atoms with Crippen molar-refractivity contribution < 1.29 is 24.5 Å². The number of allylic oxidation sites excluding steroid dienone is 2. The van der Waals surface area contributed by atoms with Crippen molar-refractivity contribution in [2.45, 2.75) is 38.5 Å². The molecule has 35 heavy (non-hydrogen) atoms. The van der Waals surface area contributed by atoms with Gasteiger partial charge in [0.15, 0.2) is 0 Å². The Morgan fingerprint density at radius 2 is 1.54 bits per heavy atom. The van der Waals surface area contributed by atoms with Gasteiger partial charge in [-0.05, 0) is 50.3 Å². The molecular formula is C27H29Cl2NO5. The first-order valence-corrected chi connectivity index (χ1v) is 12.1. The lowest BCUT2D eigenvalue weighted by Crippen LogP contribution is -2.47. The minimum Gasteiger partial charge on any atom is -0.478 e. The van der Waals surface area contributed by atoms with E-state index in [2.05, 4.69) is 0 Å². The minimum atomic E-state index is -1.56. The number of halogens is 2. The van der Waals surface area contributed by atoms with Crippen LogP contribution in [0.2, 0.25) is 10.0 Å². The van der Waals surface area contributed by atoms with Crippen LogP contribution in [-0.2, 0) is 26.2 Å². The molecule has 0 saturated carbocycles. The van der Waals surface area contributed by atoms with Crippen molar-refractivity contribution in [2.75, 3.05) is 20.3 Å². The van der Waals surface area contributed by atoms with E-state index in [0.717, 1.165) is 12.0 Å². The standard InChI is InChI=1S/C27H29Cl2NO5/c1-17-22(25(31)32)27(14-16-35-3,20-12-7-13-21(28)24(20)29)23(26(33)34)18(2)30(17)15-8-11-19-9-5-4-6-10-19/h4-7,9-10,12-13H,8,11,14-16H2,1-3H3,(H,31,32)(H,33,34). The van der Waals surface area contributed by atoms with Crippen molar-refractivity contribution in [2.24, 2.45) is 0 Å². The molecule has 2 N–H and O–H groups in total. The van der Waals surface area contributed by atoms with Crippen molar-refractivity contribution in [1.82, 2.24) is 4.90 Å². The lowest BCUT2D eigenvalue weighted by Gasteiger charge is -2.45. The Morgan fingerprint density at radius 3 is 2.09 bits per heavy atom. The van der Waals surface area contributed by atoms with E-state index in [9.17, 15) is 19.8 Å². The summed E-state index contributed by atoms with van der Waals surface area (Å²) >= 11 is 12.9. The predicted octanol–water partition coefficient (Wildman–Crippen LogP) is 5.93. The van der Waals surface area contributed by atoms with Gasteiger partial charge in [-0.1, -0.05) is 65.7 Å². The van der Waals surface area contributed by atoms with E-state index in [1.54, 1.807) is 36.9 Å². The fraction of sp³-hybridized carbons (Fsp3) is 0.333. The zero-order chi connectivity index (χ0) is 25.8. The molecule has 0 unspecified atom stereocenters. The molecule has 0 amide bonds. The Labute approximate surface area is 215 Å². The maximum Gasteiger partial charge on any atom is 0.334 e. The molecule has 3 rings (SSSR count). The molecule has 0 saturated heterocycles. The number of benzene rings is 2.